The smallest absolute Gasteiger partial charge is 0.221 e. The third kappa shape index (κ3) is 4.12. The molecule has 1 aromatic heterocycles. The van der Waals surface area contributed by atoms with E-state index in [9.17, 15) is 4.79 Å². The lowest BCUT2D eigenvalue weighted by atomic mass is 10.3. The molecule has 1 saturated carbocycles. The molecule has 3 nitrogen and oxygen atoms in total. The lowest BCUT2D eigenvalue weighted by Crippen LogP contribution is -2.28. The van der Waals surface area contributed by atoms with Crippen molar-refractivity contribution in [1.82, 2.24) is 10.6 Å². The van der Waals surface area contributed by atoms with Crippen LogP contribution < -0.4 is 10.6 Å². The molecule has 2 rings (SSSR count). The molecule has 1 aliphatic rings. The quantitative estimate of drug-likeness (QED) is 0.768. The van der Waals surface area contributed by atoms with E-state index in [0.29, 0.717) is 19.0 Å². The average Bonchev–Trinajstić information content (AvgIpc) is 2.95. The zero-order chi connectivity index (χ0) is 11.4. The van der Waals surface area contributed by atoms with E-state index in [4.69, 9.17) is 11.6 Å². The first-order chi connectivity index (χ1) is 7.74. The van der Waals surface area contributed by atoms with Gasteiger partial charge in [-0.25, -0.2) is 0 Å². The SMILES string of the molecule is O=C(CCNCc1cc(Cl)cs1)NC1CC1. The number of nitrogens with one attached hydrogen (secondary N) is 2. The van der Waals surface area contributed by atoms with Gasteiger partial charge in [-0.3, -0.25) is 4.79 Å². The van der Waals surface area contributed by atoms with Crippen LogP contribution in [0.4, 0.5) is 0 Å². The summed E-state index contributed by atoms with van der Waals surface area (Å²) >= 11 is 7.44. The predicted molar refractivity (Wildman–Crippen MR) is 66.8 cm³/mol. The van der Waals surface area contributed by atoms with Crippen LogP contribution in [0.2, 0.25) is 5.02 Å². The summed E-state index contributed by atoms with van der Waals surface area (Å²) < 4.78 is 0. The maximum Gasteiger partial charge on any atom is 0.221 e. The van der Waals surface area contributed by atoms with Crippen LogP contribution in [-0.2, 0) is 11.3 Å². The Labute approximate surface area is 104 Å². The van der Waals surface area contributed by atoms with Crippen molar-refractivity contribution in [2.75, 3.05) is 6.54 Å². The van der Waals surface area contributed by atoms with E-state index >= 15 is 0 Å². The van der Waals surface area contributed by atoms with Crippen molar-refractivity contribution >= 4 is 28.8 Å². The van der Waals surface area contributed by atoms with Gasteiger partial charge in [0.15, 0.2) is 0 Å². The second-order valence-corrected chi connectivity index (χ2v) is 5.43. The molecule has 0 bridgehead atoms. The second-order valence-electron chi connectivity index (χ2n) is 4.00. The van der Waals surface area contributed by atoms with Crippen LogP contribution in [0.15, 0.2) is 11.4 Å². The molecule has 0 saturated heterocycles. The lowest BCUT2D eigenvalue weighted by Gasteiger charge is -2.04. The Morgan fingerprint density at radius 3 is 3.00 bits per heavy atom. The molecule has 1 heterocycles. The van der Waals surface area contributed by atoms with Gasteiger partial charge in [0.05, 0.1) is 5.02 Å². The highest BCUT2D eigenvalue weighted by molar-refractivity contribution is 7.10. The molecule has 0 spiro atoms. The fourth-order valence-corrected chi connectivity index (χ4v) is 2.43. The van der Waals surface area contributed by atoms with Crippen LogP contribution in [0.1, 0.15) is 24.1 Å². The molecule has 88 valence electrons. The number of amides is 1. The van der Waals surface area contributed by atoms with Gasteiger partial charge in [-0.05, 0) is 18.9 Å². The molecule has 1 aliphatic carbocycles. The second kappa shape index (κ2) is 5.66. The molecule has 1 aromatic rings. The van der Waals surface area contributed by atoms with E-state index in [0.717, 1.165) is 24.4 Å². The molecular formula is C11H15ClN2OS. The van der Waals surface area contributed by atoms with E-state index in [1.807, 2.05) is 11.4 Å². The first-order valence-corrected chi connectivity index (χ1v) is 6.73. The van der Waals surface area contributed by atoms with Gasteiger partial charge in [0.2, 0.25) is 5.91 Å². The van der Waals surface area contributed by atoms with Crippen LogP contribution >= 0.6 is 22.9 Å². The van der Waals surface area contributed by atoms with Crippen LogP contribution in [0.3, 0.4) is 0 Å². The third-order valence-corrected chi connectivity index (χ3v) is 3.68. The Kier molecular flexibility index (Phi) is 4.21. The van der Waals surface area contributed by atoms with Crippen LogP contribution in [0.25, 0.3) is 0 Å². The van der Waals surface area contributed by atoms with Gasteiger partial charge in [-0.2, -0.15) is 0 Å². The number of carbonyl (C=O) groups is 1. The van der Waals surface area contributed by atoms with Crippen molar-refractivity contribution in [2.24, 2.45) is 0 Å². The van der Waals surface area contributed by atoms with Gasteiger partial charge in [0.1, 0.15) is 0 Å². The van der Waals surface area contributed by atoms with Crippen LogP contribution in [-0.4, -0.2) is 18.5 Å². The topological polar surface area (TPSA) is 41.1 Å². The molecule has 1 amide bonds. The van der Waals surface area contributed by atoms with Crippen molar-refractivity contribution in [3.05, 3.63) is 21.3 Å². The molecular weight excluding hydrogens is 244 g/mol. The molecule has 0 radical (unpaired) electrons. The molecule has 0 atom stereocenters. The summed E-state index contributed by atoms with van der Waals surface area (Å²) in [6.07, 6.45) is 2.84. The highest BCUT2D eigenvalue weighted by Gasteiger charge is 2.22. The van der Waals surface area contributed by atoms with E-state index in [1.54, 1.807) is 11.3 Å². The Balaban J connectivity index is 1.55. The zero-order valence-electron chi connectivity index (χ0n) is 8.96. The molecule has 0 aliphatic heterocycles. The van der Waals surface area contributed by atoms with Gasteiger partial charge in [-0.15, -0.1) is 11.3 Å². The Morgan fingerprint density at radius 1 is 1.56 bits per heavy atom. The maximum absolute atomic E-state index is 11.3. The van der Waals surface area contributed by atoms with Gasteiger partial charge in [0, 0.05) is 35.8 Å². The number of carbonyl (C=O) groups excluding carboxylic acids is 1. The van der Waals surface area contributed by atoms with Gasteiger partial charge in [-0.1, -0.05) is 11.6 Å². The minimum absolute atomic E-state index is 0.152. The van der Waals surface area contributed by atoms with Crippen molar-refractivity contribution in [2.45, 2.75) is 31.8 Å². The van der Waals surface area contributed by atoms with Crippen molar-refractivity contribution in [3.63, 3.8) is 0 Å². The Bertz CT molecular complexity index is 363. The molecule has 1 fully saturated rings. The summed E-state index contributed by atoms with van der Waals surface area (Å²) in [5, 5.41) is 8.89. The number of hydrogen-bond acceptors (Lipinski definition) is 3. The summed E-state index contributed by atoms with van der Waals surface area (Å²) in [4.78, 5) is 12.5. The minimum Gasteiger partial charge on any atom is -0.353 e. The van der Waals surface area contributed by atoms with Crippen molar-refractivity contribution in [3.8, 4) is 0 Å². The van der Waals surface area contributed by atoms with Crippen molar-refractivity contribution in [1.29, 1.82) is 0 Å². The highest BCUT2D eigenvalue weighted by Crippen LogP contribution is 2.19. The summed E-state index contributed by atoms with van der Waals surface area (Å²) in [6.45, 7) is 1.50. The standard InChI is InChI=1S/C11H15ClN2OS/c12-8-5-10(16-7-8)6-13-4-3-11(15)14-9-1-2-9/h5,7,9,13H,1-4,6H2,(H,14,15). The maximum atomic E-state index is 11.3. The van der Waals surface area contributed by atoms with E-state index in [-0.39, 0.29) is 5.91 Å². The number of halogens is 1. The molecule has 0 aromatic carbocycles. The van der Waals surface area contributed by atoms with Crippen LogP contribution in [0.5, 0.6) is 0 Å². The van der Waals surface area contributed by atoms with E-state index < -0.39 is 0 Å². The lowest BCUT2D eigenvalue weighted by molar-refractivity contribution is -0.121. The third-order valence-electron chi connectivity index (χ3n) is 2.39. The summed E-state index contributed by atoms with van der Waals surface area (Å²) in [5.41, 5.74) is 0. The molecule has 2 N–H and O–H groups in total. The number of rotatable bonds is 6. The van der Waals surface area contributed by atoms with Gasteiger partial charge in [0.25, 0.3) is 0 Å². The minimum atomic E-state index is 0.152. The Hall–Kier alpha value is -0.580. The Morgan fingerprint density at radius 2 is 2.38 bits per heavy atom. The monoisotopic (exact) mass is 258 g/mol. The predicted octanol–water partition coefficient (Wildman–Crippen LogP) is 2.16. The fraction of sp³-hybridized carbons (Fsp3) is 0.545. The van der Waals surface area contributed by atoms with Gasteiger partial charge < -0.3 is 10.6 Å². The molecule has 16 heavy (non-hydrogen) atoms. The first-order valence-electron chi connectivity index (χ1n) is 5.47. The summed E-state index contributed by atoms with van der Waals surface area (Å²) in [6, 6.07) is 2.41. The summed E-state index contributed by atoms with van der Waals surface area (Å²) in [7, 11) is 0. The fourth-order valence-electron chi connectivity index (χ4n) is 1.39. The number of hydrogen-bond donors (Lipinski definition) is 2. The zero-order valence-corrected chi connectivity index (χ0v) is 10.5. The average molecular weight is 259 g/mol. The van der Waals surface area contributed by atoms with Gasteiger partial charge >= 0.3 is 0 Å². The van der Waals surface area contributed by atoms with E-state index in [2.05, 4.69) is 10.6 Å². The molecule has 0 unspecified atom stereocenters. The van der Waals surface area contributed by atoms with E-state index in [1.165, 1.54) is 4.88 Å². The number of thiophene rings is 1. The molecule has 5 heteroatoms. The largest absolute Gasteiger partial charge is 0.353 e. The summed E-state index contributed by atoms with van der Waals surface area (Å²) in [5.74, 6) is 0.152. The van der Waals surface area contributed by atoms with Crippen molar-refractivity contribution < 1.29 is 4.79 Å². The normalized spacial score (nSPS) is 15.1. The van der Waals surface area contributed by atoms with Crippen LogP contribution in [0, 0.1) is 0 Å². The highest BCUT2D eigenvalue weighted by atomic mass is 35.5. The first kappa shape index (κ1) is 11.9.